The fourth-order valence-electron chi connectivity index (χ4n) is 4.43. The van der Waals surface area contributed by atoms with E-state index in [2.05, 4.69) is 50.9 Å². The fraction of sp³-hybridized carbons (Fsp3) is 0.560. The molecule has 0 aliphatic carbocycles. The maximum Gasteiger partial charge on any atom is 0.191 e. The Bertz CT molecular complexity index is 827. The van der Waals surface area contributed by atoms with Gasteiger partial charge in [-0.2, -0.15) is 0 Å². The topological polar surface area (TPSA) is 71.3 Å². The summed E-state index contributed by atoms with van der Waals surface area (Å²) in [5.74, 6) is 1.80. The number of ether oxygens (including phenoxy) is 2. The van der Waals surface area contributed by atoms with Gasteiger partial charge in [0.25, 0.3) is 0 Å². The molecular weight excluding hydrogens is 404 g/mol. The van der Waals surface area contributed by atoms with Crippen molar-refractivity contribution in [2.75, 3.05) is 39.9 Å². The van der Waals surface area contributed by atoms with E-state index in [-0.39, 0.29) is 6.04 Å². The van der Waals surface area contributed by atoms with Gasteiger partial charge in [-0.05, 0) is 62.0 Å². The number of guanidine groups is 1. The molecule has 2 aliphatic rings. The van der Waals surface area contributed by atoms with Crippen molar-refractivity contribution in [1.29, 1.82) is 0 Å². The van der Waals surface area contributed by atoms with E-state index in [4.69, 9.17) is 13.9 Å². The van der Waals surface area contributed by atoms with Crippen LogP contribution in [0.15, 0.2) is 52.1 Å². The SMILES string of the molecule is CN=C(NCc1cccc(COC2CCOCC2)c1)NCC(c1ccco1)N1CCCC1. The number of aliphatic imine (C=N–C) groups is 1. The zero-order valence-electron chi connectivity index (χ0n) is 19.1. The third-order valence-electron chi connectivity index (χ3n) is 6.24. The van der Waals surface area contributed by atoms with Crippen LogP contribution in [0.5, 0.6) is 0 Å². The number of nitrogens with one attached hydrogen (secondary N) is 2. The minimum Gasteiger partial charge on any atom is -0.468 e. The standard InChI is InChI=1S/C25H36N4O3/c1-26-25(28-18-23(24-8-5-13-31-24)29-11-2-3-12-29)27-17-20-6-4-7-21(16-20)19-32-22-9-14-30-15-10-22/h4-8,13,16,22-23H,2-3,9-12,14-15,17-19H2,1H3,(H2,26,27,28). The largest absolute Gasteiger partial charge is 0.468 e. The number of likely N-dealkylation sites (tertiary alicyclic amines) is 1. The monoisotopic (exact) mass is 440 g/mol. The van der Waals surface area contributed by atoms with Gasteiger partial charge >= 0.3 is 0 Å². The molecule has 7 heteroatoms. The molecular formula is C25H36N4O3. The van der Waals surface area contributed by atoms with Crippen LogP contribution in [0.1, 0.15) is 48.6 Å². The molecule has 1 aromatic carbocycles. The molecule has 2 aliphatic heterocycles. The molecule has 174 valence electrons. The van der Waals surface area contributed by atoms with Gasteiger partial charge in [0.15, 0.2) is 5.96 Å². The molecule has 0 radical (unpaired) electrons. The molecule has 0 bridgehead atoms. The number of hydrogen-bond donors (Lipinski definition) is 2. The molecule has 0 saturated carbocycles. The van der Waals surface area contributed by atoms with Crippen LogP contribution in [0.3, 0.4) is 0 Å². The highest BCUT2D eigenvalue weighted by atomic mass is 16.5. The van der Waals surface area contributed by atoms with Crippen LogP contribution < -0.4 is 10.6 Å². The van der Waals surface area contributed by atoms with Crippen molar-refractivity contribution in [3.05, 3.63) is 59.5 Å². The lowest BCUT2D eigenvalue weighted by molar-refractivity contribution is -0.0390. The zero-order chi connectivity index (χ0) is 22.0. The van der Waals surface area contributed by atoms with Gasteiger partial charge in [-0.15, -0.1) is 0 Å². The van der Waals surface area contributed by atoms with Gasteiger partial charge in [0.1, 0.15) is 5.76 Å². The summed E-state index contributed by atoms with van der Waals surface area (Å²) >= 11 is 0. The predicted octanol–water partition coefficient (Wildman–Crippen LogP) is 3.48. The molecule has 2 N–H and O–H groups in total. The zero-order valence-corrected chi connectivity index (χ0v) is 19.1. The Morgan fingerprint density at radius 2 is 1.94 bits per heavy atom. The molecule has 1 unspecified atom stereocenters. The third-order valence-corrected chi connectivity index (χ3v) is 6.24. The summed E-state index contributed by atoms with van der Waals surface area (Å²) < 4.78 is 17.2. The first-order valence-corrected chi connectivity index (χ1v) is 11.8. The molecule has 0 spiro atoms. The van der Waals surface area contributed by atoms with Gasteiger partial charge in [0.2, 0.25) is 0 Å². The number of rotatable bonds is 9. The molecule has 2 saturated heterocycles. The Morgan fingerprint density at radius 3 is 2.69 bits per heavy atom. The number of nitrogens with zero attached hydrogens (tertiary/aromatic N) is 2. The fourth-order valence-corrected chi connectivity index (χ4v) is 4.43. The second-order valence-corrected chi connectivity index (χ2v) is 8.52. The first kappa shape index (κ1) is 22.8. The van der Waals surface area contributed by atoms with Gasteiger partial charge in [-0.1, -0.05) is 24.3 Å². The van der Waals surface area contributed by atoms with Crippen LogP contribution in [0.2, 0.25) is 0 Å². The van der Waals surface area contributed by atoms with Gasteiger partial charge in [0.05, 0.1) is 25.0 Å². The maximum atomic E-state index is 6.07. The molecule has 3 heterocycles. The normalized spacial score (nSPS) is 19.2. The second-order valence-electron chi connectivity index (χ2n) is 8.52. The highest BCUT2D eigenvalue weighted by Crippen LogP contribution is 2.24. The lowest BCUT2D eigenvalue weighted by Crippen LogP contribution is -2.42. The summed E-state index contributed by atoms with van der Waals surface area (Å²) in [6, 6.07) is 12.8. The molecule has 2 fully saturated rings. The van der Waals surface area contributed by atoms with Crippen LogP contribution in [0.25, 0.3) is 0 Å². The van der Waals surface area contributed by atoms with Crippen molar-refractivity contribution in [1.82, 2.24) is 15.5 Å². The Labute approximate surface area is 191 Å². The summed E-state index contributed by atoms with van der Waals surface area (Å²) in [6.45, 7) is 5.94. The Morgan fingerprint density at radius 1 is 1.12 bits per heavy atom. The van der Waals surface area contributed by atoms with Crippen molar-refractivity contribution >= 4 is 5.96 Å². The number of furan rings is 1. The van der Waals surface area contributed by atoms with E-state index in [1.54, 1.807) is 6.26 Å². The third kappa shape index (κ3) is 6.58. The Hall–Kier alpha value is -2.35. The van der Waals surface area contributed by atoms with E-state index >= 15 is 0 Å². The average Bonchev–Trinajstić information content (AvgIpc) is 3.56. The lowest BCUT2D eigenvalue weighted by Gasteiger charge is -2.26. The first-order valence-electron chi connectivity index (χ1n) is 11.8. The van der Waals surface area contributed by atoms with E-state index in [0.29, 0.717) is 19.3 Å². The summed E-state index contributed by atoms with van der Waals surface area (Å²) in [5.41, 5.74) is 2.41. The van der Waals surface area contributed by atoms with Crippen LogP contribution in [0, 0.1) is 0 Å². The molecule has 1 atom stereocenters. The second kappa shape index (κ2) is 12.0. The minimum absolute atomic E-state index is 0.219. The molecule has 4 rings (SSSR count). The Balaban J connectivity index is 1.26. The van der Waals surface area contributed by atoms with Crippen molar-refractivity contribution < 1.29 is 13.9 Å². The van der Waals surface area contributed by atoms with Crippen molar-refractivity contribution in [3.8, 4) is 0 Å². The highest BCUT2D eigenvalue weighted by molar-refractivity contribution is 5.79. The van der Waals surface area contributed by atoms with E-state index in [0.717, 1.165) is 57.4 Å². The van der Waals surface area contributed by atoms with Crippen LogP contribution in [-0.2, 0) is 22.6 Å². The van der Waals surface area contributed by atoms with E-state index in [1.807, 2.05) is 13.1 Å². The smallest absolute Gasteiger partial charge is 0.191 e. The molecule has 0 amide bonds. The van der Waals surface area contributed by atoms with Crippen molar-refractivity contribution in [3.63, 3.8) is 0 Å². The van der Waals surface area contributed by atoms with Crippen molar-refractivity contribution in [2.45, 2.75) is 51.0 Å². The van der Waals surface area contributed by atoms with E-state index < -0.39 is 0 Å². The molecule has 7 nitrogen and oxygen atoms in total. The molecule has 1 aromatic heterocycles. The lowest BCUT2D eigenvalue weighted by atomic mass is 10.1. The summed E-state index contributed by atoms with van der Waals surface area (Å²) in [5, 5.41) is 6.93. The quantitative estimate of drug-likeness (QED) is 0.460. The number of hydrogen-bond acceptors (Lipinski definition) is 5. The van der Waals surface area contributed by atoms with Crippen LogP contribution >= 0.6 is 0 Å². The minimum atomic E-state index is 0.219. The Kier molecular flexibility index (Phi) is 8.59. The predicted molar refractivity (Wildman–Crippen MR) is 126 cm³/mol. The van der Waals surface area contributed by atoms with Crippen LogP contribution in [0.4, 0.5) is 0 Å². The van der Waals surface area contributed by atoms with Crippen LogP contribution in [-0.4, -0.2) is 56.9 Å². The highest BCUT2D eigenvalue weighted by Gasteiger charge is 2.25. The van der Waals surface area contributed by atoms with Gasteiger partial charge in [-0.3, -0.25) is 9.89 Å². The number of benzene rings is 1. The van der Waals surface area contributed by atoms with E-state index in [1.165, 1.54) is 24.0 Å². The maximum absolute atomic E-state index is 6.07. The summed E-state index contributed by atoms with van der Waals surface area (Å²) in [7, 11) is 1.81. The molecule has 32 heavy (non-hydrogen) atoms. The summed E-state index contributed by atoms with van der Waals surface area (Å²) in [4.78, 5) is 6.90. The summed E-state index contributed by atoms with van der Waals surface area (Å²) in [6.07, 6.45) is 6.53. The van der Waals surface area contributed by atoms with Gasteiger partial charge in [0, 0.05) is 33.4 Å². The average molecular weight is 441 g/mol. The van der Waals surface area contributed by atoms with Crippen molar-refractivity contribution in [2.24, 2.45) is 4.99 Å². The van der Waals surface area contributed by atoms with Gasteiger partial charge < -0.3 is 24.5 Å². The van der Waals surface area contributed by atoms with E-state index in [9.17, 15) is 0 Å². The first-order chi connectivity index (χ1) is 15.8. The van der Waals surface area contributed by atoms with Gasteiger partial charge in [-0.25, -0.2) is 0 Å². The molecule has 2 aromatic rings.